The van der Waals surface area contributed by atoms with Crippen molar-refractivity contribution in [3.63, 3.8) is 0 Å². The summed E-state index contributed by atoms with van der Waals surface area (Å²) in [5.41, 5.74) is 1.22. The molecule has 2 saturated heterocycles. The van der Waals surface area contributed by atoms with Gasteiger partial charge in [0.25, 0.3) is 0 Å². The largest absolute Gasteiger partial charge is 0.373 e. The third-order valence-corrected chi connectivity index (χ3v) is 4.22. The molecule has 3 rings (SSSR count). The van der Waals surface area contributed by atoms with Crippen LogP contribution in [0.3, 0.4) is 0 Å². The minimum Gasteiger partial charge on any atom is -0.373 e. The summed E-state index contributed by atoms with van der Waals surface area (Å²) < 4.78 is 7.67. The molecule has 110 valence electrons. The Morgan fingerprint density at radius 3 is 3.05 bits per heavy atom. The molecular formula is C14H22N4O2. The van der Waals surface area contributed by atoms with Gasteiger partial charge in [0.2, 0.25) is 5.91 Å². The molecule has 2 atom stereocenters. The van der Waals surface area contributed by atoms with Crippen molar-refractivity contribution in [3.05, 3.63) is 18.0 Å². The van der Waals surface area contributed by atoms with E-state index in [1.165, 1.54) is 5.56 Å². The SMILES string of the molecule is CCC(=O)N1C[C@@H]2OCCN(Cc3cnn(C)c3)[C@H]2C1. The third kappa shape index (κ3) is 2.58. The fourth-order valence-electron chi connectivity index (χ4n) is 3.17. The molecule has 0 radical (unpaired) electrons. The topological polar surface area (TPSA) is 50.6 Å². The lowest BCUT2D eigenvalue weighted by molar-refractivity contribution is -0.130. The maximum absolute atomic E-state index is 11.9. The van der Waals surface area contributed by atoms with Crippen LogP contribution in [0.4, 0.5) is 0 Å². The van der Waals surface area contributed by atoms with E-state index in [2.05, 4.69) is 10.00 Å². The number of aromatic nitrogens is 2. The molecule has 0 spiro atoms. The van der Waals surface area contributed by atoms with E-state index in [9.17, 15) is 4.79 Å². The number of morpholine rings is 1. The number of hydrogen-bond acceptors (Lipinski definition) is 4. The fourth-order valence-corrected chi connectivity index (χ4v) is 3.17. The quantitative estimate of drug-likeness (QED) is 0.795. The van der Waals surface area contributed by atoms with Crippen LogP contribution in [-0.2, 0) is 23.1 Å². The molecule has 0 saturated carbocycles. The zero-order chi connectivity index (χ0) is 14.1. The van der Waals surface area contributed by atoms with Crippen LogP contribution in [0, 0.1) is 0 Å². The Morgan fingerprint density at radius 1 is 1.50 bits per heavy atom. The van der Waals surface area contributed by atoms with Gasteiger partial charge in [-0.3, -0.25) is 14.4 Å². The van der Waals surface area contributed by atoms with Gasteiger partial charge in [-0.2, -0.15) is 5.10 Å². The van der Waals surface area contributed by atoms with Crippen molar-refractivity contribution in [2.75, 3.05) is 26.2 Å². The van der Waals surface area contributed by atoms with E-state index < -0.39 is 0 Å². The molecule has 0 aromatic carbocycles. The van der Waals surface area contributed by atoms with Crippen LogP contribution in [0.15, 0.2) is 12.4 Å². The average molecular weight is 278 g/mol. The van der Waals surface area contributed by atoms with Gasteiger partial charge in [-0.05, 0) is 0 Å². The summed E-state index contributed by atoms with van der Waals surface area (Å²) in [6.07, 6.45) is 4.70. The van der Waals surface area contributed by atoms with Crippen molar-refractivity contribution in [2.24, 2.45) is 7.05 Å². The summed E-state index contributed by atoms with van der Waals surface area (Å²) in [6.45, 7) is 5.99. The minimum absolute atomic E-state index is 0.163. The lowest BCUT2D eigenvalue weighted by Gasteiger charge is -2.36. The molecule has 1 aromatic rings. The zero-order valence-corrected chi connectivity index (χ0v) is 12.2. The number of likely N-dealkylation sites (tertiary alicyclic amines) is 1. The second kappa shape index (κ2) is 5.54. The molecule has 1 amide bonds. The molecule has 1 aromatic heterocycles. The van der Waals surface area contributed by atoms with Gasteiger partial charge >= 0.3 is 0 Å². The molecule has 0 bridgehead atoms. The number of aryl methyl sites for hydroxylation is 1. The van der Waals surface area contributed by atoms with Gasteiger partial charge < -0.3 is 9.64 Å². The van der Waals surface area contributed by atoms with Crippen LogP contribution in [-0.4, -0.2) is 63.9 Å². The first kappa shape index (κ1) is 13.6. The number of nitrogens with zero attached hydrogens (tertiary/aromatic N) is 4. The molecule has 6 nitrogen and oxygen atoms in total. The number of carbonyl (C=O) groups is 1. The molecule has 6 heteroatoms. The molecule has 0 aliphatic carbocycles. The van der Waals surface area contributed by atoms with Crippen molar-refractivity contribution in [2.45, 2.75) is 32.0 Å². The first-order valence-corrected chi connectivity index (χ1v) is 7.28. The number of ether oxygens (including phenoxy) is 1. The highest BCUT2D eigenvalue weighted by Gasteiger charge is 2.41. The van der Waals surface area contributed by atoms with Crippen LogP contribution in [0.5, 0.6) is 0 Å². The van der Waals surface area contributed by atoms with Gasteiger partial charge in [0.15, 0.2) is 0 Å². The Morgan fingerprint density at radius 2 is 2.35 bits per heavy atom. The van der Waals surface area contributed by atoms with Gasteiger partial charge in [-0.1, -0.05) is 6.92 Å². The molecule has 0 N–H and O–H groups in total. The monoisotopic (exact) mass is 278 g/mol. The maximum Gasteiger partial charge on any atom is 0.222 e. The summed E-state index contributed by atoms with van der Waals surface area (Å²) in [7, 11) is 1.93. The Hall–Kier alpha value is -1.40. The van der Waals surface area contributed by atoms with Crippen molar-refractivity contribution in [1.82, 2.24) is 19.6 Å². The lowest BCUT2D eigenvalue weighted by Crippen LogP contribution is -2.50. The summed E-state index contributed by atoms with van der Waals surface area (Å²) >= 11 is 0. The van der Waals surface area contributed by atoms with Gasteiger partial charge in [0, 0.05) is 51.4 Å². The molecule has 3 heterocycles. The van der Waals surface area contributed by atoms with Crippen molar-refractivity contribution in [1.29, 1.82) is 0 Å². The first-order chi connectivity index (χ1) is 9.67. The number of rotatable bonds is 3. The Kier molecular flexibility index (Phi) is 3.76. The molecule has 2 aliphatic rings. The average Bonchev–Trinajstić information content (AvgIpc) is 3.05. The van der Waals surface area contributed by atoms with Crippen molar-refractivity contribution < 1.29 is 9.53 Å². The van der Waals surface area contributed by atoms with Gasteiger partial charge in [0.1, 0.15) is 0 Å². The molecular weight excluding hydrogens is 256 g/mol. The predicted molar refractivity (Wildman–Crippen MR) is 74.0 cm³/mol. The van der Waals surface area contributed by atoms with Gasteiger partial charge in [-0.15, -0.1) is 0 Å². The summed E-state index contributed by atoms with van der Waals surface area (Å²) in [4.78, 5) is 16.2. The van der Waals surface area contributed by atoms with Crippen LogP contribution in [0.25, 0.3) is 0 Å². The van der Waals surface area contributed by atoms with Crippen molar-refractivity contribution in [3.8, 4) is 0 Å². The molecule has 2 aliphatic heterocycles. The summed E-state index contributed by atoms with van der Waals surface area (Å²) in [5, 5.41) is 4.22. The van der Waals surface area contributed by atoms with E-state index in [0.29, 0.717) is 12.5 Å². The van der Waals surface area contributed by atoms with Crippen LogP contribution in [0.1, 0.15) is 18.9 Å². The Bertz CT molecular complexity index is 487. The number of hydrogen-bond donors (Lipinski definition) is 0. The summed E-state index contributed by atoms with van der Waals surface area (Å²) in [5.74, 6) is 0.226. The smallest absolute Gasteiger partial charge is 0.222 e. The van der Waals surface area contributed by atoms with E-state index in [1.54, 1.807) is 0 Å². The van der Waals surface area contributed by atoms with Crippen molar-refractivity contribution >= 4 is 5.91 Å². The fraction of sp³-hybridized carbons (Fsp3) is 0.714. The second-order valence-electron chi connectivity index (χ2n) is 5.62. The third-order valence-electron chi connectivity index (χ3n) is 4.22. The number of fused-ring (bicyclic) bond motifs is 1. The standard InChI is InChI=1S/C14H22N4O2/c1-3-14(19)18-9-12-13(10-18)20-5-4-17(12)8-11-6-15-16(2)7-11/h6-7,12-13H,3-5,8-10H2,1-2H3/t12-,13-/m0/s1. The Labute approximate surface area is 119 Å². The normalized spacial score (nSPS) is 26.8. The van der Waals surface area contributed by atoms with Gasteiger partial charge in [-0.25, -0.2) is 0 Å². The highest BCUT2D eigenvalue weighted by atomic mass is 16.5. The Balaban J connectivity index is 1.68. The first-order valence-electron chi connectivity index (χ1n) is 7.28. The lowest BCUT2D eigenvalue weighted by atomic mass is 10.1. The maximum atomic E-state index is 11.9. The number of carbonyl (C=O) groups excluding carboxylic acids is 1. The van der Waals surface area contributed by atoms with Crippen LogP contribution in [0.2, 0.25) is 0 Å². The summed E-state index contributed by atoms with van der Waals surface area (Å²) in [6, 6.07) is 0.319. The van der Waals surface area contributed by atoms with E-state index in [0.717, 1.165) is 32.8 Å². The van der Waals surface area contributed by atoms with E-state index in [4.69, 9.17) is 4.74 Å². The molecule has 0 unspecified atom stereocenters. The highest BCUT2D eigenvalue weighted by molar-refractivity contribution is 5.76. The molecule has 20 heavy (non-hydrogen) atoms. The number of amides is 1. The zero-order valence-electron chi connectivity index (χ0n) is 12.2. The van der Waals surface area contributed by atoms with E-state index >= 15 is 0 Å². The molecule has 2 fully saturated rings. The van der Waals surface area contributed by atoms with E-state index in [1.807, 2.05) is 35.9 Å². The van der Waals surface area contributed by atoms with E-state index in [-0.39, 0.29) is 12.0 Å². The minimum atomic E-state index is 0.163. The van der Waals surface area contributed by atoms with Gasteiger partial charge in [0.05, 0.1) is 24.9 Å². The second-order valence-corrected chi connectivity index (χ2v) is 5.62. The van der Waals surface area contributed by atoms with Crippen LogP contribution >= 0.6 is 0 Å². The highest BCUT2D eigenvalue weighted by Crippen LogP contribution is 2.24. The van der Waals surface area contributed by atoms with Crippen LogP contribution < -0.4 is 0 Å². The predicted octanol–water partition coefficient (Wildman–Crippen LogP) is 0.242.